The summed E-state index contributed by atoms with van der Waals surface area (Å²) in [6.07, 6.45) is 2.19. The number of hydrogen-bond acceptors (Lipinski definition) is 2. The molecule has 98 valence electrons. The molecule has 0 spiro atoms. The van der Waals surface area contributed by atoms with Crippen molar-refractivity contribution in [1.82, 2.24) is 5.32 Å². The number of ether oxygens (including phenoxy) is 1. The van der Waals surface area contributed by atoms with Crippen molar-refractivity contribution in [3.8, 4) is 0 Å². The molecule has 2 N–H and O–H groups in total. The number of hydrogen-bond donors (Lipinski definition) is 2. The van der Waals surface area contributed by atoms with Crippen LogP contribution in [-0.4, -0.2) is 24.8 Å². The number of carbonyl (C=O) groups excluding carboxylic acids is 1. The maximum absolute atomic E-state index is 11.8. The lowest BCUT2D eigenvalue weighted by molar-refractivity contribution is 0.0868. The molecular formula is C13H17ClN2O2. The van der Waals surface area contributed by atoms with Crippen LogP contribution in [0.3, 0.4) is 0 Å². The quantitative estimate of drug-likeness (QED) is 0.885. The molecule has 0 radical (unpaired) electrons. The van der Waals surface area contributed by atoms with Crippen molar-refractivity contribution in [2.45, 2.75) is 31.9 Å². The minimum atomic E-state index is -0.222. The predicted molar refractivity (Wildman–Crippen MR) is 72.0 cm³/mol. The van der Waals surface area contributed by atoms with Gasteiger partial charge in [0, 0.05) is 17.3 Å². The molecule has 1 fully saturated rings. The van der Waals surface area contributed by atoms with E-state index < -0.39 is 0 Å². The molecular weight excluding hydrogens is 252 g/mol. The van der Waals surface area contributed by atoms with Crippen LogP contribution in [0.1, 0.15) is 19.8 Å². The molecule has 0 saturated carbocycles. The number of amides is 2. The fourth-order valence-electron chi connectivity index (χ4n) is 2.00. The molecule has 0 unspecified atom stereocenters. The van der Waals surface area contributed by atoms with E-state index >= 15 is 0 Å². The molecule has 0 aromatic heterocycles. The summed E-state index contributed by atoms with van der Waals surface area (Å²) in [5, 5.41) is 6.28. The van der Waals surface area contributed by atoms with Gasteiger partial charge in [0.05, 0.1) is 12.1 Å². The Morgan fingerprint density at radius 2 is 2.17 bits per heavy atom. The Hall–Kier alpha value is -1.26. The molecule has 1 heterocycles. The molecule has 1 aliphatic heterocycles. The van der Waals surface area contributed by atoms with E-state index in [4.69, 9.17) is 16.3 Å². The van der Waals surface area contributed by atoms with Gasteiger partial charge in [-0.1, -0.05) is 11.6 Å². The molecule has 1 aliphatic rings. The van der Waals surface area contributed by atoms with Gasteiger partial charge in [0.25, 0.3) is 0 Å². The van der Waals surface area contributed by atoms with Gasteiger partial charge in [0.15, 0.2) is 0 Å². The second-order valence-electron chi connectivity index (χ2n) is 4.45. The minimum absolute atomic E-state index is 0.0137. The van der Waals surface area contributed by atoms with Crippen molar-refractivity contribution in [2.24, 2.45) is 0 Å². The number of rotatable bonds is 3. The van der Waals surface area contributed by atoms with Crippen LogP contribution in [0.15, 0.2) is 24.3 Å². The third kappa shape index (κ3) is 3.62. The second-order valence-corrected chi connectivity index (χ2v) is 4.88. The summed E-state index contributed by atoms with van der Waals surface area (Å²) >= 11 is 5.77. The first-order chi connectivity index (χ1) is 8.65. The van der Waals surface area contributed by atoms with Gasteiger partial charge in [-0.15, -0.1) is 0 Å². The molecule has 5 heteroatoms. The Morgan fingerprint density at radius 1 is 1.44 bits per heavy atom. The third-order valence-corrected chi connectivity index (χ3v) is 3.24. The van der Waals surface area contributed by atoms with Crippen molar-refractivity contribution < 1.29 is 9.53 Å². The normalized spacial score (nSPS) is 20.4. The van der Waals surface area contributed by atoms with Gasteiger partial charge in [-0.25, -0.2) is 4.79 Å². The lowest BCUT2D eigenvalue weighted by Crippen LogP contribution is -2.42. The maximum Gasteiger partial charge on any atom is 0.319 e. The standard InChI is InChI=1S/C13H17ClN2O2/c1-9(12-3-2-8-18-12)15-13(17)16-11-6-4-10(14)5-7-11/h4-7,9,12H,2-3,8H2,1H3,(H2,15,16,17)/t9-,12-/m1/s1. The summed E-state index contributed by atoms with van der Waals surface area (Å²) in [6, 6.07) is 6.79. The zero-order valence-corrected chi connectivity index (χ0v) is 11.0. The van der Waals surface area contributed by atoms with Crippen LogP contribution in [0.2, 0.25) is 5.02 Å². The highest BCUT2D eigenvalue weighted by atomic mass is 35.5. The number of urea groups is 1. The van der Waals surface area contributed by atoms with E-state index in [2.05, 4.69) is 10.6 Å². The van der Waals surface area contributed by atoms with Crippen molar-refractivity contribution in [2.75, 3.05) is 11.9 Å². The first-order valence-corrected chi connectivity index (χ1v) is 6.47. The molecule has 1 aromatic rings. The fourth-order valence-corrected chi connectivity index (χ4v) is 2.12. The van der Waals surface area contributed by atoms with Crippen LogP contribution in [-0.2, 0) is 4.74 Å². The monoisotopic (exact) mass is 268 g/mol. The highest BCUT2D eigenvalue weighted by Gasteiger charge is 2.23. The highest BCUT2D eigenvalue weighted by molar-refractivity contribution is 6.30. The molecule has 0 bridgehead atoms. The van der Waals surface area contributed by atoms with Crippen molar-refractivity contribution in [1.29, 1.82) is 0 Å². The SMILES string of the molecule is C[C@@H](NC(=O)Nc1ccc(Cl)cc1)[C@H]1CCCO1. The Balaban J connectivity index is 1.82. The molecule has 1 aromatic carbocycles. The van der Waals surface area contributed by atoms with E-state index in [-0.39, 0.29) is 18.2 Å². The van der Waals surface area contributed by atoms with Crippen molar-refractivity contribution >= 4 is 23.3 Å². The lowest BCUT2D eigenvalue weighted by Gasteiger charge is -2.20. The van der Waals surface area contributed by atoms with E-state index in [1.807, 2.05) is 6.92 Å². The van der Waals surface area contributed by atoms with Crippen LogP contribution in [0.4, 0.5) is 10.5 Å². The van der Waals surface area contributed by atoms with E-state index in [0.29, 0.717) is 5.02 Å². The number of halogens is 1. The Bertz CT molecular complexity index is 402. The second kappa shape index (κ2) is 6.07. The molecule has 0 aliphatic carbocycles. The molecule has 4 nitrogen and oxygen atoms in total. The van der Waals surface area contributed by atoms with Crippen LogP contribution < -0.4 is 10.6 Å². The van der Waals surface area contributed by atoms with E-state index in [9.17, 15) is 4.79 Å². The van der Waals surface area contributed by atoms with Gasteiger partial charge < -0.3 is 15.4 Å². The first kappa shape index (κ1) is 13.2. The van der Waals surface area contributed by atoms with Crippen molar-refractivity contribution in [3.05, 3.63) is 29.3 Å². The third-order valence-electron chi connectivity index (χ3n) is 2.98. The van der Waals surface area contributed by atoms with E-state index in [1.165, 1.54) is 0 Å². The summed E-state index contributed by atoms with van der Waals surface area (Å²) in [7, 11) is 0. The Morgan fingerprint density at radius 3 is 2.78 bits per heavy atom. The number of nitrogens with one attached hydrogen (secondary N) is 2. The molecule has 1 saturated heterocycles. The van der Waals surface area contributed by atoms with Gasteiger partial charge in [-0.3, -0.25) is 0 Å². The van der Waals surface area contributed by atoms with Gasteiger partial charge >= 0.3 is 6.03 Å². The van der Waals surface area contributed by atoms with E-state index in [1.54, 1.807) is 24.3 Å². The molecule has 2 amide bonds. The minimum Gasteiger partial charge on any atom is -0.376 e. The van der Waals surface area contributed by atoms with Gasteiger partial charge in [0.2, 0.25) is 0 Å². The van der Waals surface area contributed by atoms with Crippen molar-refractivity contribution in [3.63, 3.8) is 0 Å². The van der Waals surface area contributed by atoms with Crippen LogP contribution in [0, 0.1) is 0 Å². The predicted octanol–water partition coefficient (Wildman–Crippen LogP) is 3.03. The number of carbonyl (C=O) groups is 1. The average Bonchev–Trinajstić information content (AvgIpc) is 2.85. The molecule has 2 atom stereocenters. The largest absolute Gasteiger partial charge is 0.376 e. The summed E-state index contributed by atoms with van der Waals surface area (Å²) < 4.78 is 5.52. The van der Waals surface area contributed by atoms with Crippen LogP contribution >= 0.6 is 11.6 Å². The Labute approximate surface area is 112 Å². The summed E-state index contributed by atoms with van der Waals surface area (Å²) in [5.74, 6) is 0. The van der Waals surface area contributed by atoms with E-state index in [0.717, 1.165) is 25.1 Å². The number of anilines is 1. The molecule has 18 heavy (non-hydrogen) atoms. The highest BCUT2D eigenvalue weighted by Crippen LogP contribution is 2.16. The van der Waals surface area contributed by atoms with Gasteiger partial charge in [0.1, 0.15) is 0 Å². The first-order valence-electron chi connectivity index (χ1n) is 6.10. The topological polar surface area (TPSA) is 50.4 Å². The zero-order chi connectivity index (χ0) is 13.0. The van der Waals surface area contributed by atoms with Gasteiger partial charge in [-0.2, -0.15) is 0 Å². The number of benzene rings is 1. The fraction of sp³-hybridized carbons (Fsp3) is 0.462. The lowest BCUT2D eigenvalue weighted by atomic mass is 10.1. The van der Waals surface area contributed by atoms with Gasteiger partial charge in [-0.05, 0) is 44.0 Å². The van der Waals surface area contributed by atoms with Crippen LogP contribution in [0.25, 0.3) is 0 Å². The summed E-state index contributed by atoms with van der Waals surface area (Å²) in [5.41, 5.74) is 0.719. The summed E-state index contributed by atoms with van der Waals surface area (Å²) in [4.78, 5) is 11.8. The zero-order valence-electron chi connectivity index (χ0n) is 10.3. The van der Waals surface area contributed by atoms with Crippen LogP contribution in [0.5, 0.6) is 0 Å². The maximum atomic E-state index is 11.8. The smallest absolute Gasteiger partial charge is 0.319 e. The summed E-state index contributed by atoms with van der Waals surface area (Å²) in [6.45, 7) is 2.74. The average molecular weight is 269 g/mol. The Kier molecular flexibility index (Phi) is 4.44. The molecule has 2 rings (SSSR count).